The van der Waals surface area contributed by atoms with E-state index in [1.807, 2.05) is 19.9 Å². The van der Waals surface area contributed by atoms with Crippen molar-refractivity contribution < 1.29 is 17.9 Å². The van der Waals surface area contributed by atoms with E-state index in [1.54, 1.807) is 48.5 Å². The molecule has 0 aliphatic heterocycles. The van der Waals surface area contributed by atoms with Crippen LogP contribution in [0.3, 0.4) is 0 Å². The Morgan fingerprint density at radius 1 is 0.967 bits per heavy atom. The highest BCUT2D eigenvalue weighted by Gasteiger charge is 2.35. The van der Waals surface area contributed by atoms with Crippen LogP contribution in [-0.4, -0.2) is 16.1 Å². The van der Waals surface area contributed by atoms with Gasteiger partial charge in [0.25, 0.3) is 0 Å². The van der Waals surface area contributed by atoms with Gasteiger partial charge < -0.3 is 15.4 Å². The maximum atomic E-state index is 13.4. The van der Waals surface area contributed by atoms with Crippen molar-refractivity contribution in [1.82, 2.24) is 9.97 Å². The number of nitrogens with zero attached hydrogens (tertiary/aromatic N) is 3. The molecule has 0 aliphatic carbocycles. The van der Waals surface area contributed by atoms with Crippen molar-refractivity contribution in [3.05, 3.63) is 65.9 Å². The van der Waals surface area contributed by atoms with Gasteiger partial charge in [-0.2, -0.15) is 23.4 Å². The van der Waals surface area contributed by atoms with Crippen LogP contribution in [0.4, 0.5) is 36.3 Å². The van der Waals surface area contributed by atoms with Crippen molar-refractivity contribution >= 4 is 23.1 Å². The second kappa shape index (κ2) is 8.69. The summed E-state index contributed by atoms with van der Waals surface area (Å²) >= 11 is 0. The number of rotatable bonds is 6. The second-order valence-electron chi connectivity index (χ2n) is 6.58. The second-order valence-corrected chi connectivity index (χ2v) is 6.58. The molecule has 1 heterocycles. The third kappa shape index (κ3) is 5.38. The van der Waals surface area contributed by atoms with Gasteiger partial charge in [0.15, 0.2) is 0 Å². The zero-order chi connectivity index (χ0) is 21.7. The van der Waals surface area contributed by atoms with Crippen LogP contribution >= 0.6 is 0 Å². The molecule has 9 heteroatoms. The number of benzene rings is 2. The molecule has 0 aliphatic rings. The maximum absolute atomic E-state index is 13.4. The number of hydrogen-bond donors (Lipinski definition) is 2. The van der Waals surface area contributed by atoms with Crippen LogP contribution in [0, 0.1) is 11.3 Å². The molecule has 0 atom stereocenters. The molecule has 2 aromatic carbocycles. The van der Waals surface area contributed by atoms with Gasteiger partial charge in [-0.15, -0.1) is 0 Å². The van der Waals surface area contributed by atoms with Gasteiger partial charge in [-0.25, -0.2) is 4.98 Å². The van der Waals surface area contributed by atoms with Crippen LogP contribution in [0.15, 0.2) is 54.7 Å². The lowest BCUT2D eigenvalue weighted by molar-refractivity contribution is -0.137. The normalized spacial score (nSPS) is 11.1. The molecule has 0 amide bonds. The molecule has 154 valence electrons. The highest BCUT2D eigenvalue weighted by Crippen LogP contribution is 2.35. The first-order chi connectivity index (χ1) is 14.2. The van der Waals surface area contributed by atoms with E-state index >= 15 is 0 Å². The Kier molecular flexibility index (Phi) is 6.06. The van der Waals surface area contributed by atoms with Crippen LogP contribution < -0.4 is 15.4 Å². The van der Waals surface area contributed by atoms with Crippen LogP contribution in [-0.2, 0) is 6.18 Å². The highest BCUT2D eigenvalue weighted by molar-refractivity contribution is 5.63. The number of hydrogen-bond acceptors (Lipinski definition) is 6. The molecular weight excluding hydrogens is 395 g/mol. The summed E-state index contributed by atoms with van der Waals surface area (Å²) < 4.78 is 45.8. The molecule has 6 nitrogen and oxygen atoms in total. The number of nitriles is 1. The topological polar surface area (TPSA) is 82.9 Å². The first kappa shape index (κ1) is 20.9. The van der Waals surface area contributed by atoms with Gasteiger partial charge in [0.2, 0.25) is 5.95 Å². The van der Waals surface area contributed by atoms with Crippen molar-refractivity contribution in [3.8, 4) is 11.8 Å². The standard InChI is InChI=1S/C21H18F3N5O/c1-13(2)30-17-9-7-15(8-10-17)27-19-18(21(22,23)24)12-26-20(29-19)28-16-5-3-14(11-25)4-6-16/h3-10,12-13H,1-2H3,(H2,26,27,28,29). The van der Waals surface area contributed by atoms with E-state index in [4.69, 9.17) is 10.00 Å². The summed E-state index contributed by atoms with van der Waals surface area (Å²) in [7, 11) is 0. The lowest BCUT2D eigenvalue weighted by Crippen LogP contribution is -2.12. The van der Waals surface area contributed by atoms with E-state index in [1.165, 1.54) is 0 Å². The molecule has 0 radical (unpaired) electrons. The minimum absolute atomic E-state index is 0.0154. The highest BCUT2D eigenvalue weighted by atomic mass is 19.4. The largest absolute Gasteiger partial charge is 0.491 e. The average molecular weight is 413 g/mol. The van der Waals surface area contributed by atoms with Crippen LogP contribution in [0.2, 0.25) is 0 Å². The summed E-state index contributed by atoms with van der Waals surface area (Å²) in [6.45, 7) is 3.76. The van der Waals surface area contributed by atoms with Crippen molar-refractivity contribution in [2.24, 2.45) is 0 Å². The number of alkyl halides is 3. The molecular formula is C21H18F3N5O. The Labute approximate surface area is 171 Å². The van der Waals surface area contributed by atoms with Gasteiger partial charge in [-0.3, -0.25) is 0 Å². The Hall–Kier alpha value is -3.80. The van der Waals surface area contributed by atoms with Crippen molar-refractivity contribution in [2.75, 3.05) is 10.6 Å². The molecule has 3 rings (SSSR count). The summed E-state index contributed by atoms with van der Waals surface area (Å²) in [6.07, 6.45) is -3.92. The molecule has 0 unspecified atom stereocenters. The number of aromatic nitrogens is 2. The monoisotopic (exact) mass is 413 g/mol. The zero-order valence-corrected chi connectivity index (χ0v) is 16.2. The Bertz CT molecular complexity index is 1040. The third-order valence-electron chi connectivity index (χ3n) is 3.85. The summed E-state index contributed by atoms with van der Waals surface area (Å²) in [5.74, 6) is 0.207. The van der Waals surface area contributed by atoms with Crippen molar-refractivity contribution in [1.29, 1.82) is 5.26 Å². The van der Waals surface area contributed by atoms with Gasteiger partial charge in [-0.1, -0.05) is 0 Å². The van der Waals surface area contributed by atoms with Crippen LogP contribution in [0.1, 0.15) is 25.0 Å². The van der Waals surface area contributed by atoms with E-state index in [2.05, 4.69) is 20.6 Å². The van der Waals surface area contributed by atoms with Gasteiger partial charge >= 0.3 is 6.18 Å². The third-order valence-corrected chi connectivity index (χ3v) is 3.85. The van der Waals surface area contributed by atoms with E-state index in [0.29, 0.717) is 22.7 Å². The average Bonchev–Trinajstić information content (AvgIpc) is 2.69. The van der Waals surface area contributed by atoms with Gasteiger partial charge in [-0.05, 0) is 62.4 Å². The molecule has 0 fully saturated rings. The van der Waals surface area contributed by atoms with Crippen molar-refractivity contribution in [3.63, 3.8) is 0 Å². The minimum atomic E-state index is -4.63. The molecule has 2 N–H and O–H groups in total. The summed E-state index contributed by atoms with van der Waals surface area (Å²) in [6, 6.07) is 14.9. The molecule has 3 aromatic rings. The van der Waals surface area contributed by atoms with E-state index < -0.39 is 11.7 Å². The Morgan fingerprint density at radius 3 is 2.13 bits per heavy atom. The first-order valence-corrected chi connectivity index (χ1v) is 9.00. The van der Waals surface area contributed by atoms with Crippen LogP contribution in [0.25, 0.3) is 0 Å². The van der Waals surface area contributed by atoms with Gasteiger partial charge in [0.1, 0.15) is 17.1 Å². The van der Waals surface area contributed by atoms with Crippen LogP contribution in [0.5, 0.6) is 5.75 Å². The van der Waals surface area contributed by atoms with E-state index in [-0.39, 0.29) is 17.9 Å². The molecule has 0 bridgehead atoms. The number of ether oxygens (including phenoxy) is 1. The fraction of sp³-hybridized carbons (Fsp3) is 0.190. The Morgan fingerprint density at radius 2 is 1.57 bits per heavy atom. The quantitative estimate of drug-likeness (QED) is 0.544. The molecule has 1 aromatic heterocycles. The first-order valence-electron chi connectivity index (χ1n) is 9.00. The predicted octanol–water partition coefficient (Wildman–Crippen LogP) is 5.64. The van der Waals surface area contributed by atoms with E-state index in [9.17, 15) is 13.2 Å². The van der Waals surface area contributed by atoms with Gasteiger partial charge in [0.05, 0.1) is 17.7 Å². The maximum Gasteiger partial charge on any atom is 0.421 e. The zero-order valence-electron chi connectivity index (χ0n) is 16.2. The SMILES string of the molecule is CC(C)Oc1ccc(Nc2nc(Nc3ccc(C#N)cc3)ncc2C(F)(F)F)cc1. The Balaban J connectivity index is 1.86. The number of halogens is 3. The summed E-state index contributed by atoms with van der Waals surface area (Å²) in [5, 5.41) is 14.4. The predicted molar refractivity (Wildman–Crippen MR) is 107 cm³/mol. The molecule has 30 heavy (non-hydrogen) atoms. The summed E-state index contributed by atoms with van der Waals surface area (Å²) in [4.78, 5) is 7.76. The van der Waals surface area contributed by atoms with Gasteiger partial charge in [0, 0.05) is 17.6 Å². The van der Waals surface area contributed by atoms with Crippen molar-refractivity contribution in [2.45, 2.75) is 26.1 Å². The fourth-order valence-electron chi connectivity index (χ4n) is 2.53. The summed E-state index contributed by atoms with van der Waals surface area (Å²) in [5.41, 5.74) is 0.422. The van der Waals surface area contributed by atoms with E-state index in [0.717, 1.165) is 6.20 Å². The molecule has 0 spiro atoms. The lowest BCUT2D eigenvalue weighted by atomic mass is 10.2. The number of nitrogens with one attached hydrogen (secondary N) is 2. The fourth-order valence-corrected chi connectivity index (χ4v) is 2.53. The molecule has 0 saturated heterocycles. The molecule has 0 saturated carbocycles. The minimum Gasteiger partial charge on any atom is -0.491 e. The smallest absolute Gasteiger partial charge is 0.421 e. The lowest BCUT2D eigenvalue weighted by Gasteiger charge is -2.15. The number of anilines is 4.